The summed E-state index contributed by atoms with van der Waals surface area (Å²) in [7, 11) is 1.64. The topological polar surface area (TPSA) is 57.6 Å². The van der Waals surface area contributed by atoms with Crippen molar-refractivity contribution in [2.75, 3.05) is 13.6 Å². The van der Waals surface area contributed by atoms with Gasteiger partial charge in [-0.15, -0.1) is 0 Å². The highest BCUT2D eigenvalue weighted by molar-refractivity contribution is 5.96. The third-order valence-electron chi connectivity index (χ3n) is 2.89. The molecule has 0 aliphatic heterocycles. The molecule has 86 valence electrons. The van der Waals surface area contributed by atoms with Crippen LogP contribution in [0.3, 0.4) is 0 Å². The number of hydrogen-bond acceptors (Lipinski definition) is 3. The quantitative estimate of drug-likeness (QED) is 0.700. The van der Waals surface area contributed by atoms with Gasteiger partial charge in [-0.1, -0.05) is 12.8 Å². The SMILES string of the molecule is CC(=O)CC(=O)N(C)CC1(O)CCCC1. The van der Waals surface area contributed by atoms with Crippen molar-refractivity contribution in [3.8, 4) is 0 Å². The van der Waals surface area contributed by atoms with Crippen molar-refractivity contribution >= 4 is 11.7 Å². The van der Waals surface area contributed by atoms with Crippen molar-refractivity contribution < 1.29 is 14.7 Å². The summed E-state index contributed by atoms with van der Waals surface area (Å²) in [5, 5.41) is 10.1. The van der Waals surface area contributed by atoms with Crippen molar-refractivity contribution in [3.05, 3.63) is 0 Å². The van der Waals surface area contributed by atoms with Gasteiger partial charge in [0, 0.05) is 13.6 Å². The lowest BCUT2D eigenvalue weighted by Gasteiger charge is -2.28. The molecule has 0 unspecified atom stereocenters. The molecule has 0 saturated heterocycles. The Labute approximate surface area is 90.3 Å². The zero-order valence-electron chi connectivity index (χ0n) is 9.45. The van der Waals surface area contributed by atoms with E-state index in [0.29, 0.717) is 6.54 Å². The first-order chi connectivity index (χ1) is 6.93. The zero-order valence-corrected chi connectivity index (χ0v) is 9.45. The highest BCUT2D eigenvalue weighted by Gasteiger charge is 2.33. The normalized spacial score (nSPS) is 18.9. The minimum atomic E-state index is -0.721. The van der Waals surface area contributed by atoms with E-state index in [9.17, 15) is 14.7 Å². The molecule has 0 bridgehead atoms. The molecule has 1 rings (SSSR count). The molecular formula is C11H19NO3. The van der Waals surface area contributed by atoms with Gasteiger partial charge in [0.15, 0.2) is 0 Å². The summed E-state index contributed by atoms with van der Waals surface area (Å²) in [6.07, 6.45) is 3.48. The lowest BCUT2D eigenvalue weighted by atomic mass is 10.0. The molecule has 0 atom stereocenters. The summed E-state index contributed by atoms with van der Waals surface area (Å²) in [6.45, 7) is 1.75. The van der Waals surface area contributed by atoms with Crippen molar-refractivity contribution in [1.82, 2.24) is 4.90 Å². The number of carbonyl (C=O) groups is 2. The van der Waals surface area contributed by atoms with Gasteiger partial charge in [0.25, 0.3) is 0 Å². The molecule has 0 aromatic rings. The maximum atomic E-state index is 11.5. The van der Waals surface area contributed by atoms with Crippen LogP contribution in [-0.4, -0.2) is 40.9 Å². The van der Waals surface area contributed by atoms with Gasteiger partial charge in [-0.25, -0.2) is 0 Å². The third kappa shape index (κ3) is 3.63. The van der Waals surface area contributed by atoms with Crippen LogP contribution in [0, 0.1) is 0 Å². The molecule has 1 saturated carbocycles. The van der Waals surface area contributed by atoms with E-state index in [-0.39, 0.29) is 18.1 Å². The number of rotatable bonds is 4. The van der Waals surface area contributed by atoms with E-state index in [4.69, 9.17) is 0 Å². The van der Waals surface area contributed by atoms with Crippen molar-refractivity contribution in [2.45, 2.75) is 44.6 Å². The summed E-state index contributed by atoms with van der Waals surface area (Å²) in [4.78, 5) is 23.7. The summed E-state index contributed by atoms with van der Waals surface area (Å²) in [5.41, 5.74) is -0.721. The Balaban J connectivity index is 2.43. The second-order valence-electron chi connectivity index (χ2n) is 4.56. The Kier molecular flexibility index (Phi) is 3.85. The number of ketones is 1. The summed E-state index contributed by atoms with van der Waals surface area (Å²) in [5.74, 6) is -0.340. The molecular weight excluding hydrogens is 194 g/mol. The first kappa shape index (κ1) is 12.2. The fourth-order valence-electron chi connectivity index (χ4n) is 2.07. The molecule has 4 nitrogen and oxygen atoms in total. The fraction of sp³-hybridized carbons (Fsp3) is 0.818. The van der Waals surface area contributed by atoms with Crippen molar-refractivity contribution in [2.24, 2.45) is 0 Å². The van der Waals surface area contributed by atoms with Crippen LogP contribution in [0.15, 0.2) is 0 Å². The monoisotopic (exact) mass is 213 g/mol. The maximum absolute atomic E-state index is 11.5. The lowest BCUT2D eigenvalue weighted by Crippen LogP contribution is -2.42. The molecule has 1 aliphatic rings. The van der Waals surface area contributed by atoms with E-state index in [1.165, 1.54) is 11.8 Å². The smallest absolute Gasteiger partial charge is 0.229 e. The van der Waals surface area contributed by atoms with Gasteiger partial charge in [0.2, 0.25) is 5.91 Å². The molecule has 0 heterocycles. The van der Waals surface area contributed by atoms with E-state index >= 15 is 0 Å². The second kappa shape index (κ2) is 4.75. The fourth-order valence-corrected chi connectivity index (χ4v) is 2.07. The maximum Gasteiger partial charge on any atom is 0.229 e. The van der Waals surface area contributed by atoms with E-state index in [2.05, 4.69) is 0 Å². The Morgan fingerprint density at radius 1 is 1.33 bits per heavy atom. The number of likely N-dealkylation sites (N-methyl/N-ethyl adjacent to an activating group) is 1. The Morgan fingerprint density at radius 3 is 2.33 bits per heavy atom. The van der Waals surface area contributed by atoms with Gasteiger partial charge in [-0.05, 0) is 19.8 Å². The molecule has 1 fully saturated rings. The van der Waals surface area contributed by atoms with Crippen molar-refractivity contribution in [1.29, 1.82) is 0 Å². The van der Waals surface area contributed by atoms with Crippen LogP contribution >= 0.6 is 0 Å². The van der Waals surface area contributed by atoms with Crippen LogP contribution in [-0.2, 0) is 9.59 Å². The minimum absolute atomic E-state index is 0.0629. The van der Waals surface area contributed by atoms with Crippen LogP contribution < -0.4 is 0 Å². The van der Waals surface area contributed by atoms with Crippen LogP contribution in [0.2, 0.25) is 0 Å². The van der Waals surface area contributed by atoms with E-state index in [1.54, 1.807) is 7.05 Å². The largest absolute Gasteiger partial charge is 0.388 e. The number of aliphatic hydroxyl groups is 1. The lowest BCUT2D eigenvalue weighted by molar-refractivity contribution is -0.136. The van der Waals surface area contributed by atoms with Gasteiger partial charge in [-0.3, -0.25) is 9.59 Å². The molecule has 4 heteroatoms. The molecule has 0 radical (unpaired) electrons. The average Bonchev–Trinajstić information content (AvgIpc) is 2.50. The van der Waals surface area contributed by atoms with E-state index in [0.717, 1.165) is 25.7 Å². The first-order valence-electron chi connectivity index (χ1n) is 5.39. The molecule has 1 aliphatic carbocycles. The molecule has 0 spiro atoms. The molecule has 0 aromatic carbocycles. The highest BCUT2D eigenvalue weighted by atomic mass is 16.3. The third-order valence-corrected chi connectivity index (χ3v) is 2.89. The number of hydrogen-bond donors (Lipinski definition) is 1. The molecule has 0 aromatic heterocycles. The Hall–Kier alpha value is -0.900. The van der Waals surface area contributed by atoms with E-state index in [1.807, 2.05) is 0 Å². The molecule has 15 heavy (non-hydrogen) atoms. The number of Topliss-reactive ketones (excluding diaryl/α,β-unsaturated/α-hetero) is 1. The molecule has 1 N–H and O–H groups in total. The predicted octanol–water partition coefficient (Wildman–Crippen LogP) is 0.729. The Morgan fingerprint density at radius 2 is 1.87 bits per heavy atom. The summed E-state index contributed by atoms with van der Waals surface area (Å²) < 4.78 is 0. The van der Waals surface area contributed by atoms with Crippen LogP contribution in [0.1, 0.15) is 39.0 Å². The number of nitrogens with zero attached hydrogens (tertiary/aromatic N) is 1. The minimum Gasteiger partial charge on any atom is -0.388 e. The number of carbonyl (C=O) groups excluding carboxylic acids is 2. The molecule has 1 amide bonds. The predicted molar refractivity (Wildman–Crippen MR) is 56.4 cm³/mol. The van der Waals surface area contributed by atoms with Gasteiger partial charge in [-0.2, -0.15) is 0 Å². The average molecular weight is 213 g/mol. The number of amides is 1. The van der Waals surface area contributed by atoms with E-state index < -0.39 is 5.60 Å². The van der Waals surface area contributed by atoms with Crippen LogP contribution in [0.25, 0.3) is 0 Å². The standard InChI is InChI=1S/C11H19NO3/c1-9(13)7-10(14)12(2)8-11(15)5-3-4-6-11/h15H,3-8H2,1-2H3. The summed E-state index contributed by atoms with van der Waals surface area (Å²) in [6, 6.07) is 0. The van der Waals surface area contributed by atoms with Gasteiger partial charge in [0.05, 0.1) is 12.0 Å². The Bertz CT molecular complexity index is 257. The van der Waals surface area contributed by atoms with Gasteiger partial charge in [0.1, 0.15) is 5.78 Å². The highest BCUT2D eigenvalue weighted by Crippen LogP contribution is 2.29. The van der Waals surface area contributed by atoms with Crippen LogP contribution in [0.5, 0.6) is 0 Å². The van der Waals surface area contributed by atoms with Crippen LogP contribution in [0.4, 0.5) is 0 Å². The zero-order chi connectivity index (χ0) is 11.5. The first-order valence-corrected chi connectivity index (χ1v) is 5.39. The summed E-state index contributed by atoms with van der Waals surface area (Å²) >= 11 is 0. The van der Waals surface area contributed by atoms with Crippen molar-refractivity contribution in [3.63, 3.8) is 0 Å². The van der Waals surface area contributed by atoms with Gasteiger partial charge < -0.3 is 10.0 Å². The second-order valence-corrected chi connectivity index (χ2v) is 4.56. The van der Waals surface area contributed by atoms with Gasteiger partial charge >= 0.3 is 0 Å².